The molecule has 0 aliphatic rings. The first kappa shape index (κ1) is 23.4. The lowest BCUT2D eigenvalue weighted by molar-refractivity contribution is -0.140. The van der Waals surface area contributed by atoms with Gasteiger partial charge in [-0.05, 0) is 57.5 Å². The summed E-state index contributed by atoms with van der Waals surface area (Å²) in [6, 6.07) is 11.0. The van der Waals surface area contributed by atoms with Crippen molar-refractivity contribution in [2.24, 2.45) is 0 Å². The van der Waals surface area contributed by atoms with Crippen molar-refractivity contribution in [3.05, 3.63) is 68.9 Å². The highest BCUT2D eigenvalue weighted by Gasteiger charge is 2.29. The van der Waals surface area contributed by atoms with E-state index < -0.39 is 17.4 Å². The van der Waals surface area contributed by atoms with Crippen molar-refractivity contribution in [3.63, 3.8) is 0 Å². The zero-order valence-corrected chi connectivity index (χ0v) is 19.3. The SMILES string of the molecule is C[C@@H](C(=O)NC(C)(C)C)N(Cc1cccc(Br)c1)C(=O)Cc1c(F)cccc1Cl. The molecule has 0 aliphatic heterocycles. The fourth-order valence-corrected chi connectivity index (χ4v) is 3.52. The standard InChI is InChI=1S/C22H25BrClFN2O2/c1-14(21(29)26-22(2,3)4)27(13-15-7-5-8-16(23)11-15)20(28)12-17-18(24)9-6-10-19(17)25/h5-11,14H,12-13H2,1-4H3,(H,26,29)/t14-/m0/s1. The van der Waals surface area contributed by atoms with E-state index in [1.807, 2.05) is 45.0 Å². The average Bonchev–Trinajstić information content (AvgIpc) is 2.61. The minimum atomic E-state index is -0.744. The summed E-state index contributed by atoms with van der Waals surface area (Å²) in [5.74, 6) is -1.20. The lowest BCUT2D eigenvalue weighted by atomic mass is 10.1. The maximum Gasteiger partial charge on any atom is 0.242 e. The lowest BCUT2D eigenvalue weighted by Gasteiger charge is -2.31. The molecule has 1 N–H and O–H groups in total. The Morgan fingerprint density at radius 1 is 1.21 bits per heavy atom. The molecule has 2 rings (SSSR count). The van der Waals surface area contributed by atoms with Gasteiger partial charge in [0.05, 0.1) is 6.42 Å². The maximum absolute atomic E-state index is 14.2. The van der Waals surface area contributed by atoms with Gasteiger partial charge in [0.1, 0.15) is 11.9 Å². The summed E-state index contributed by atoms with van der Waals surface area (Å²) in [6.45, 7) is 7.49. The summed E-state index contributed by atoms with van der Waals surface area (Å²) in [7, 11) is 0. The zero-order valence-electron chi connectivity index (χ0n) is 16.9. The average molecular weight is 484 g/mol. The van der Waals surface area contributed by atoms with Gasteiger partial charge in [0.2, 0.25) is 11.8 Å². The highest BCUT2D eigenvalue weighted by Crippen LogP contribution is 2.22. The minimum Gasteiger partial charge on any atom is -0.350 e. The van der Waals surface area contributed by atoms with Gasteiger partial charge in [-0.3, -0.25) is 9.59 Å². The number of nitrogens with one attached hydrogen (secondary N) is 1. The molecule has 0 fully saturated rings. The molecule has 4 nitrogen and oxygen atoms in total. The van der Waals surface area contributed by atoms with Crippen LogP contribution in [-0.2, 0) is 22.6 Å². The van der Waals surface area contributed by atoms with Crippen molar-refractivity contribution in [2.75, 3.05) is 0 Å². The Hall–Kier alpha value is -1.92. The Kier molecular flexibility index (Phi) is 7.83. The van der Waals surface area contributed by atoms with E-state index in [9.17, 15) is 14.0 Å². The summed E-state index contributed by atoms with van der Waals surface area (Å²) in [4.78, 5) is 27.3. The second kappa shape index (κ2) is 9.72. The molecule has 0 saturated heterocycles. The van der Waals surface area contributed by atoms with E-state index in [2.05, 4.69) is 21.2 Å². The number of amides is 2. The third-order valence-corrected chi connectivity index (χ3v) is 5.14. The van der Waals surface area contributed by atoms with Crippen LogP contribution >= 0.6 is 27.5 Å². The number of carbonyl (C=O) groups is 2. The smallest absolute Gasteiger partial charge is 0.242 e. The monoisotopic (exact) mass is 482 g/mol. The predicted molar refractivity (Wildman–Crippen MR) is 117 cm³/mol. The fourth-order valence-electron chi connectivity index (χ4n) is 2.84. The first-order valence-corrected chi connectivity index (χ1v) is 10.4. The van der Waals surface area contributed by atoms with Crippen LogP contribution in [-0.4, -0.2) is 28.3 Å². The van der Waals surface area contributed by atoms with Crippen molar-refractivity contribution >= 4 is 39.3 Å². The van der Waals surface area contributed by atoms with Gasteiger partial charge in [-0.1, -0.05) is 45.7 Å². The lowest BCUT2D eigenvalue weighted by Crippen LogP contribution is -2.52. The van der Waals surface area contributed by atoms with Gasteiger partial charge in [0, 0.05) is 27.1 Å². The van der Waals surface area contributed by atoms with E-state index >= 15 is 0 Å². The maximum atomic E-state index is 14.2. The van der Waals surface area contributed by atoms with Crippen molar-refractivity contribution in [1.29, 1.82) is 0 Å². The van der Waals surface area contributed by atoms with Crippen molar-refractivity contribution < 1.29 is 14.0 Å². The van der Waals surface area contributed by atoms with Gasteiger partial charge < -0.3 is 10.2 Å². The Labute approximate surface area is 184 Å². The Balaban J connectivity index is 2.32. The number of benzene rings is 2. The summed E-state index contributed by atoms with van der Waals surface area (Å²) in [5, 5.41) is 3.08. The molecule has 29 heavy (non-hydrogen) atoms. The largest absolute Gasteiger partial charge is 0.350 e. The molecule has 0 radical (unpaired) electrons. The summed E-state index contributed by atoms with van der Waals surface area (Å²) in [6.07, 6.45) is -0.230. The fraction of sp³-hybridized carbons (Fsp3) is 0.364. The third kappa shape index (κ3) is 6.82. The molecule has 0 bridgehead atoms. The van der Waals surface area contributed by atoms with E-state index in [4.69, 9.17) is 11.6 Å². The highest BCUT2D eigenvalue weighted by molar-refractivity contribution is 9.10. The van der Waals surface area contributed by atoms with E-state index in [-0.39, 0.29) is 35.4 Å². The van der Waals surface area contributed by atoms with Gasteiger partial charge in [0.25, 0.3) is 0 Å². The quantitative estimate of drug-likeness (QED) is 0.620. The normalized spacial score (nSPS) is 12.4. The molecule has 2 amide bonds. The van der Waals surface area contributed by atoms with Crippen LogP contribution < -0.4 is 5.32 Å². The van der Waals surface area contributed by atoms with Gasteiger partial charge in [-0.25, -0.2) is 4.39 Å². The van der Waals surface area contributed by atoms with Crippen LogP contribution in [0.5, 0.6) is 0 Å². The molecular formula is C22H25BrClFN2O2. The summed E-state index contributed by atoms with van der Waals surface area (Å²) in [5.41, 5.74) is 0.537. The van der Waals surface area contributed by atoms with Crippen LogP contribution in [0.25, 0.3) is 0 Å². The van der Waals surface area contributed by atoms with Crippen LogP contribution in [0.1, 0.15) is 38.8 Å². The Bertz CT molecular complexity index is 878. The molecule has 1 atom stereocenters. The van der Waals surface area contributed by atoms with Gasteiger partial charge in [0.15, 0.2) is 0 Å². The minimum absolute atomic E-state index is 0.127. The van der Waals surface area contributed by atoms with Crippen molar-refractivity contribution in [1.82, 2.24) is 10.2 Å². The van der Waals surface area contributed by atoms with Crippen LogP contribution in [0.2, 0.25) is 5.02 Å². The second-order valence-corrected chi connectivity index (χ2v) is 9.27. The molecule has 0 spiro atoms. The number of halogens is 3. The van der Waals surface area contributed by atoms with E-state index in [1.165, 1.54) is 17.0 Å². The second-order valence-electron chi connectivity index (χ2n) is 7.94. The molecule has 0 aliphatic carbocycles. The van der Waals surface area contributed by atoms with Crippen LogP contribution in [0, 0.1) is 5.82 Å². The molecule has 156 valence electrons. The molecule has 2 aromatic carbocycles. The highest BCUT2D eigenvalue weighted by atomic mass is 79.9. The number of nitrogens with zero attached hydrogens (tertiary/aromatic N) is 1. The topological polar surface area (TPSA) is 49.4 Å². The molecular weight excluding hydrogens is 459 g/mol. The van der Waals surface area contributed by atoms with Crippen LogP contribution in [0.3, 0.4) is 0 Å². The number of hydrogen-bond acceptors (Lipinski definition) is 2. The van der Waals surface area contributed by atoms with Crippen molar-refractivity contribution in [2.45, 2.75) is 52.2 Å². The first-order valence-electron chi connectivity index (χ1n) is 9.27. The van der Waals surface area contributed by atoms with Crippen LogP contribution in [0.15, 0.2) is 46.9 Å². The molecule has 2 aromatic rings. The Morgan fingerprint density at radius 3 is 2.45 bits per heavy atom. The first-order chi connectivity index (χ1) is 13.5. The number of carbonyl (C=O) groups excluding carboxylic acids is 2. The summed E-state index contributed by atoms with van der Waals surface area (Å²) >= 11 is 9.51. The third-order valence-electron chi connectivity index (χ3n) is 4.30. The van der Waals surface area contributed by atoms with Gasteiger partial charge >= 0.3 is 0 Å². The van der Waals surface area contributed by atoms with Gasteiger partial charge in [-0.2, -0.15) is 0 Å². The Morgan fingerprint density at radius 2 is 1.86 bits per heavy atom. The molecule has 0 unspecified atom stereocenters. The summed E-state index contributed by atoms with van der Waals surface area (Å²) < 4.78 is 15.1. The number of rotatable bonds is 6. The molecule has 0 heterocycles. The zero-order chi connectivity index (χ0) is 21.8. The molecule has 0 aromatic heterocycles. The van der Waals surface area contributed by atoms with E-state index in [0.717, 1.165) is 10.0 Å². The molecule has 7 heteroatoms. The van der Waals surface area contributed by atoms with Crippen LogP contribution in [0.4, 0.5) is 4.39 Å². The van der Waals surface area contributed by atoms with Crippen molar-refractivity contribution in [3.8, 4) is 0 Å². The number of hydrogen-bond donors (Lipinski definition) is 1. The van der Waals surface area contributed by atoms with E-state index in [0.29, 0.717) is 0 Å². The van der Waals surface area contributed by atoms with Gasteiger partial charge in [-0.15, -0.1) is 0 Å². The van der Waals surface area contributed by atoms with E-state index in [1.54, 1.807) is 13.0 Å². The molecule has 0 saturated carbocycles. The predicted octanol–water partition coefficient (Wildman–Crippen LogP) is 5.12.